The van der Waals surface area contributed by atoms with Gasteiger partial charge in [-0.25, -0.2) is 4.79 Å². The molecule has 0 spiro atoms. The Balaban J connectivity index is 3.07. The molecule has 0 aliphatic rings. The number of hydrogen-bond acceptors (Lipinski definition) is 2. The van der Waals surface area contributed by atoms with E-state index < -0.39 is 5.97 Å². The molecule has 0 aromatic heterocycles. The highest BCUT2D eigenvalue weighted by Crippen LogP contribution is 1.98. The van der Waals surface area contributed by atoms with Gasteiger partial charge in [-0.1, -0.05) is 12.5 Å². The lowest BCUT2D eigenvalue weighted by molar-refractivity contribution is -0.131. The summed E-state index contributed by atoms with van der Waals surface area (Å²) in [5, 5.41) is 8.21. The zero-order valence-electron chi connectivity index (χ0n) is 6.62. The van der Waals surface area contributed by atoms with E-state index in [1.54, 1.807) is 6.08 Å². The van der Waals surface area contributed by atoms with E-state index in [1.807, 2.05) is 0 Å². The van der Waals surface area contributed by atoms with Crippen molar-refractivity contribution in [1.29, 1.82) is 0 Å². The van der Waals surface area contributed by atoms with Crippen molar-refractivity contribution in [3.63, 3.8) is 0 Å². The van der Waals surface area contributed by atoms with Crippen LogP contribution in [0.5, 0.6) is 0 Å². The average Bonchev–Trinajstić information content (AvgIpc) is 1.96. The molecular weight excluding hydrogens is 142 g/mol. The summed E-state index contributed by atoms with van der Waals surface area (Å²) < 4.78 is 0. The van der Waals surface area contributed by atoms with Crippen molar-refractivity contribution in [2.75, 3.05) is 6.54 Å². The summed E-state index contributed by atoms with van der Waals surface area (Å²) in [6, 6.07) is 0. The standard InChI is InChI=1S/C8H15NO2/c9-7-5-3-1-2-4-6-8(10)11/h4,6H,1-3,5,7,9H2,(H,10,11)/b6-4+. The summed E-state index contributed by atoms with van der Waals surface area (Å²) in [7, 11) is 0. The third-order valence-electron chi connectivity index (χ3n) is 1.34. The highest BCUT2D eigenvalue weighted by Gasteiger charge is 1.86. The van der Waals surface area contributed by atoms with Crippen LogP contribution >= 0.6 is 0 Å². The van der Waals surface area contributed by atoms with Crippen LogP contribution in [0.2, 0.25) is 0 Å². The molecule has 0 saturated carbocycles. The van der Waals surface area contributed by atoms with E-state index in [9.17, 15) is 4.79 Å². The molecule has 0 atom stereocenters. The Hall–Kier alpha value is -0.830. The molecule has 11 heavy (non-hydrogen) atoms. The minimum absolute atomic E-state index is 0.725. The van der Waals surface area contributed by atoms with Gasteiger partial charge >= 0.3 is 5.97 Å². The Bertz CT molecular complexity index is 132. The van der Waals surface area contributed by atoms with E-state index in [1.165, 1.54) is 6.08 Å². The van der Waals surface area contributed by atoms with E-state index in [-0.39, 0.29) is 0 Å². The van der Waals surface area contributed by atoms with Gasteiger partial charge in [0.1, 0.15) is 0 Å². The van der Waals surface area contributed by atoms with Crippen molar-refractivity contribution in [3.05, 3.63) is 12.2 Å². The molecule has 0 aliphatic heterocycles. The third kappa shape index (κ3) is 9.17. The molecule has 0 fully saturated rings. The Kier molecular flexibility index (Phi) is 6.73. The zero-order valence-corrected chi connectivity index (χ0v) is 6.62. The van der Waals surface area contributed by atoms with Gasteiger partial charge in [0.2, 0.25) is 0 Å². The SMILES string of the molecule is NCCCCC/C=C/C(=O)O. The number of carboxylic acid groups (broad SMARTS) is 1. The molecule has 3 heteroatoms. The normalized spacial score (nSPS) is 10.6. The van der Waals surface area contributed by atoms with E-state index in [0.717, 1.165) is 32.2 Å². The monoisotopic (exact) mass is 157 g/mol. The van der Waals surface area contributed by atoms with Crippen molar-refractivity contribution in [1.82, 2.24) is 0 Å². The van der Waals surface area contributed by atoms with Crippen LogP contribution < -0.4 is 5.73 Å². The topological polar surface area (TPSA) is 63.3 Å². The Morgan fingerprint density at radius 3 is 2.64 bits per heavy atom. The van der Waals surface area contributed by atoms with Crippen LogP contribution in [-0.2, 0) is 4.79 Å². The van der Waals surface area contributed by atoms with Crippen molar-refractivity contribution >= 4 is 5.97 Å². The average molecular weight is 157 g/mol. The van der Waals surface area contributed by atoms with Crippen molar-refractivity contribution in [3.8, 4) is 0 Å². The fourth-order valence-electron chi connectivity index (χ4n) is 0.767. The summed E-state index contributed by atoms with van der Waals surface area (Å²) in [5.74, 6) is -0.871. The smallest absolute Gasteiger partial charge is 0.327 e. The number of carbonyl (C=O) groups is 1. The molecule has 0 rings (SSSR count). The van der Waals surface area contributed by atoms with E-state index in [4.69, 9.17) is 10.8 Å². The molecule has 0 bridgehead atoms. The molecule has 0 radical (unpaired) electrons. The first-order valence-electron chi connectivity index (χ1n) is 3.87. The van der Waals surface area contributed by atoms with Crippen LogP contribution in [0, 0.1) is 0 Å². The van der Waals surface area contributed by atoms with Gasteiger partial charge in [0, 0.05) is 6.08 Å². The van der Waals surface area contributed by atoms with Crippen LogP contribution in [0.3, 0.4) is 0 Å². The number of unbranched alkanes of at least 4 members (excludes halogenated alkanes) is 3. The molecule has 0 unspecified atom stereocenters. The van der Waals surface area contributed by atoms with E-state index in [2.05, 4.69) is 0 Å². The summed E-state index contributed by atoms with van der Waals surface area (Å²) in [6.07, 6.45) is 6.84. The lowest BCUT2D eigenvalue weighted by atomic mass is 10.2. The number of hydrogen-bond donors (Lipinski definition) is 2. The van der Waals surface area contributed by atoms with Gasteiger partial charge in [-0.05, 0) is 25.8 Å². The fraction of sp³-hybridized carbons (Fsp3) is 0.625. The fourth-order valence-corrected chi connectivity index (χ4v) is 0.767. The number of carboxylic acids is 1. The first kappa shape index (κ1) is 10.2. The van der Waals surface area contributed by atoms with Crippen LogP contribution in [-0.4, -0.2) is 17.6 Å². The van der Waals surface area contributed by atoms with Crippen LogP contribution in [0.1, 0.15) is 25.7 Å². The first-order valence-corrected chi connectivity index (χ1v) is 3.87. The van der Waals surface area contributed by atoms with Gasteiger partial charge in [-0.3, -0.25) is 0 Å². The third-order valence-corrected chi connectivity index (χ3v) is 1.34. The Labute approximate surface area is 66.9 Å². The highest BCUT2D eigenvalue weighted by atomic mass is 16.4. The first-order chi connectivity index (χ1) is 5.27. The number of nitrogens with two attached hydrogens (primary N) is 1. The van der Waals surface area contributed by atoms with Crippen molar-refractivity contribution in [2.45, 2.75) is 25.7 Å². The predicted molar refractivity (Wildman–Crippen MR) is 44.3 cm³/mol. The van der Waals surface area contributed by atoms with E-state index in [0.29, 0.717) is 0 Å². The Morgan fingerprint density at radius 1 is 1.36 bits per heavy atom. The molecule has 0 aromatic rings. The summed E-state index contributed by atoms with van der Waals surface area (Å²) >= 11 is 0. The van der Waals surface area contributed by atoms with Gasteiger partial charge in [0.05, 0.1) is 0 Å². The molecule has 3 N–H and O–H groups in total. The maximum atomic E-state index is 9.98. The Morgan fingerprint density at radius 2 is 2.09 bits per heavy atom. The second-order valence-corrected chi connectivity index (χ2v) is 2.38. The van der Waals surface area contributed by atoms with Gasteiger partial charge < -0.3 is 10.8 Å². The van der Waals surface area contributed by atoms with Gasteiger partial charge in [0.15, 0.2) is 0 Å². The molecule has 0 saturated heterocycles. The highest BCUT2D eigenvalue weighted by molar-refractivity contribution is 5.79. The predicted octanol–water partition coefficient (Wildman–Crippen LogP) is 1.15. The number of rotatable bonds is 6. The zero-order chi connectivity index (χ0) is 8.53. The van der Waals surface area contributed by atoms with Crippen LogP contribution in [0.25, 0.3) is 0 Å². The van der Waals surface area contributed by atoms with Crippen LogP contribution in [0.4, 0.5) is 0 Å². The van der Waals surface area contributed by atoms with Gasteiger partial charge in [-0.15, -0.1) is 0 Å². The molecule has 0 aliphatic carbocycles. The summed E-state index contributed by atoms with van der Waals surface area (Å²) in [6.45, 7) is 0.725. The van der Waals surface area contributed by atoms with E-state index >= 15 is 0 Å². The lowest BCUT2D eigenvalue weighted by Crippen LogP contribution is -1.97. The molecular formula is C8H15NO2. The molecule has 0 heterocycles. The second kappa shape index (κ2) is 7.28. The largest absolute Gasteiger partial charge is 0.478 e. The maximum absolute atomic E-state index is 9.98. The minimum atomic E-state index is -0.871. The van der Waals surface area contributed by atoms with Crippen molar-refractivity contribution in [2.24, 2.45) is 5.73 Å². The summed E-state index contributed by atoms with van der Waals surface area (Å²) in [4.78, 5) is 9.98. The summed E-state index contributed by atoms with van der Waals surface area (Å²) in [5.41, 5.74) is 5.28. The van der Waals surface area contributed by atoms with Crippen molar-refractivity contribution < 1.29 is 9.90 Å². The quantitative estimate of drug-likeness (QED) is 0.449. The van der Waals surface area contributed by atoms with Gasteiger partial charge in [0.25, 0.3) is 0 Å². The molecule has 64 valence electrons. The second-order valence-electron chi connectivity index (χ2n) is 2.38. The molecule has 0 amide bonds. The van der Waals surface area contributed by atoms with Gasteiger partial charge in [-0.2, -0.15) is 0 Å². The molecule has 0 aromatic carbocycles. The maximum Gasteiger partial charge on any atom is 0.327 e. The molecule has 3 nitrogen and oxygen atoms in total. The van der Waals surface area contributed by atoms with Crippen LogP contribution in [0.15, 0.2) is 12.2 Å². The number of allylic oxidation sites excluding steroid dienone is 1. The lowest BCUT2D eigenvalue weighted by Gasteiger charge is -1.92. The number of aliphatic carboxylic acids is 1. The minimum Gasteiger partial charge on any atom is -0.478 e.